The normalized spacial score (nSPS) is 19.5. The molecule has 2 aliphatic heterocycles. The van der Waals surface area contributed by atoms with Crippen LogP contribution in [0.1, 0.15) is 153 Å². The number of nitrogens with zero attached hydrogens (tertiary/aromatic N) is 2. The van der Waals surface area contributed by atoms with E-state index in [4.69, 9.17) is 4.11 Å². The van der Waals surface area contributed by atoms with Crippen molar-refractivity contribution in [3.63, 3.8) is 0 Å². The second kappa shape index (κ2) is 13.0. The van der Waals surface area contributed by atoms with Crippen molar-refractivity contribution in [1.29, 1.82) is 0 Å². The molecule has 0 spiro atoms. The quantitative estimate of drug-likeness (QED) is 0.164. The molecule has 0 atom stereocenters. The molecule has 0 saturated carbocycles. The van der Waals surface area contributed by atoms with Crippen LogP contribution in [0.2, 0.25) is 0 Å². The molecule has 2 heterocycles. The molecule has 2 aliphatic carbocycles. The minimum atomic E-state index is -2.36. The van der Waals surface area contributed by atoms with E-state index in [1.165, 1.54) is 44.3 Å². The molecule has 10 rings (SSSR count). The summed E-state index contributed by atoms with van der Waals surface area (Å²) in [7, 11) is 0. The Bertz CT molecular complexity index is 2960. The van der Waals surface area contributed by atoms with Gasteiger partial charge in [0.1, 0.15) is 0 Å². The summed E-state index contributed by atoms with van der Waals surface area (Å²) in [5, 5.41) is 0. The fourth-order valence-electron chi connectivity index (χ4n) is 12.6. The van der Waals surface area contributed by atoms with E-state index in [0.29, 0.717) is 5.56 Å². The maximum atomic E-state index is 9.14. The average molecular weight is 818 g/mol. The van der Waals surface area contributed by atoms with Crippen molar-refractivity contribution in [2.75, 3.05) is 9.80 Å². The van der Waals surface area contributed by atoms with Crippen LogP contribution in [0, 0.1) is 6.85 Å². The van der Waals surface area contributed by atoms with Gasteiger partial charge in [0.05, 0.1) is 5.69 Å². The van der Waals surface area contributed by atoms with Gasteiger partial charge in [-0.2, -0.15) is 0 Å². The van der Waals surface area contributed by atoms with Crippen LogP contribution < -0.4 is 26.2 Å². The second-order valence-electron chi connectivity index (χ2n) is 24.0. The molecule has 2 nitrogen and oxygen atoms in total. The first-order valence-corrected chi connectivity index (χ1v) is 23.1. The highest BCUT2D eigenvalue weighted by Gasteiger charge is 2.49. The van der Waals surface area contributed by atoms with Crippen molar-refractivity contribution in [2.24, 2.45) is 0 Å². The molecule has 0 radical (unpaired) electrons. The lowest BCUT2D eigenvalue weighted by atomic mass is 9.33. The zero-order chi connectivity index (χ0) is 46.8. The number of aryl methyl sites for hydroxylation is 1. The molecule has 0 saturated heterocycles. The van der Waals surface area contributed by atoms with Crippen LogP contribution in [0.15, 0.2) is 109 Å². The maximum Gasteiger partial charge on any atom is 0.252 e. The van der Waals surface area contributed by atoms with Crippen molar-refractivity contribution in [2.45, 2.75) is 149 Å². The summed E-state index contributed by atoms with van der Waals surface area (Å²) in [6.45, 7) is 30.3. The fraction of sp³-hybridized carbons (Fsp3) is 0.390. The predicted octanol–water partition coefficient (Wildman–Crippen LogP) is 14.3. The summed E-state index contributed by atoms with van der Waals surface area (Å²) in [4.78, 5) is 4.89. The Morgan fingerprint density at radius 3 is 1.66 bits per heavy atom. The Labute approximate surface area is 378 Å². The van der Waals surface area contributed by atoms with Crippen molar-refractivity contribution >= 4 is 57.2 Å². The average Bonchev–Trinajstić information content (AvgIpc) is 3.52. The largest absolute Gasteiger partial charge is 0.311 e. The Morgan fingerprint density at radius 1 is 0.484 bits per heavy atom. The number of anilines is 6. The summed E-state index contributed by atoms with van der Waals surface area (Å²) >= 11 is 0. The molecule has 0 unspecified atom stereocenters. The lowest BCUT2D eigenvalue weighted by molar-refractivity contribution is 0.403. The molecule has 4 aliphatic rings. The van der Waals surface area contributed by atoms with Crippen LogP contribution in [0.4, 0.5) is 34.1 Å². The van der Waals surface area contributed by atoms with Gasteiger partial charge in [-0.1, -0.05) is 158 Å². The molecular formula is C59H67BN2. The van der Waals surface area contributed by atoms with Gasteiger partial charge in [0.25, 0.3) is 6.71 Å². The molecule has 3 heteroatoms. The van der Waals surface area contributed by atoms with Crippen molar-refractivity contribution in [3.8, 4) is 11.1 Å². The van der Waals surface area contributed by atoms with Gasteiger partial charge in [0.2, 0.25) is 0 Å². The highest BCUT2D eigenvalue weighted by atomic mass is 15.2. The van der Waals surface area contributed by atoms with Gasteiger partial charge in [-0.05, 0) is 162 Å². The zero-order valence-electron chi connectivity index (χ0n) is 42.8. The van der Waals surface area contributed by atoms with E-state index in [1.807, 2.05) is 12.1 Å². The predicted molar refractivity (Wildman–Crippen MR) is 269 cm³/mol. The van der Waals surface area contributed by atoms with Gasteiger partial charge in [-0.15, -0.1) is 0 Å². The van der Waals surface area contributed by atoms with E-state index in [-0.39, 0.29) is 39.2 Å². The Kier molecular flexibility index (Phi) is 7.89. The molecule has 6 aromatic carbocycles. The molecule has 0 aromatic heterocycles. The third-order valence-corrected chi connectivity index (χ3v) is 15.2. The number of benzene rings is 6. The van der Waals surface area contributed by atoms with E-state index < -0.39 is 6.85 Å². The highest BCUT2D eigenvalue weighted by Crippen LogP contribution is 2.55. The third kappa shape index (κ3) is 6.11. The van der Waals surface area contributed by atoms with E-state index >= 15 is 0 Å². The zero-order valence-corrected chi connectivity index (χ0v) is 39.8. The van der Waals surface area contributed by atoms with Crippen LogP contribution in [0.5, 0.6) is 0 Å². The lowest BCUT2D eigenvalue weighted by Gasteiger charge is -2.46. The number of hydrogen-bond donors (Lipinski definition) is 0. The Balaban J connectivity index is 1.37. The van der Waals surface area contributed by atoms with Gasteiger partial charge in [0.15, 0.2) is 0 Å². The summed E-state index contributed by atoms with van der Waals surface area (Å²) in [5.74, 6) is 0. The number of fused-ring (bicyclic) bond motifs is 6. The van der Waals surface area contributed by atoms with Gasteiger partial charge in [-0.25, -0.2) is 0 Å². The molecule has 316 valence electrons. The topological polar surface area (TPSA) is 6.48 Å². The molecule has 0 bridgehead atoms. The van der Waals surface area contributed by atoms with Crippen LogP contribution in [0.3, 0.4) is 0 Å². The van der Waals surface area contributed by atoms with Crippen LogP contribution in [-0.4, -0.2) is 6.71 Å². The lowest BCUT2D eigenvalue weighted by Crippen LogP contribution is -2.61. The molecule has 0 N–H and O–H groups in total. The monoisotopic (exact) mass is 818 g/mol. The molecule has 0 amide bonds. The van der Waals surface area contributed by atoms with Crippen molar-refractivity contribution < 1.29 is 4.11 Å². The Hall–Kier alpha value is -5.02. The summed E-state index contributed by atoms with van der Waals surface area (Å²) < 4.78 is 27.4. The van der Waals surface area contributed by atoms with Crippen LogP contribution in [0.25, 0.3) is 11.1 Å². The smallest absolute Gasteiger partial charge is 0.252 e. The van der Waals surface area contributed by atoms with Gasteiger partial charge >= 0.3 is 0 Å². The van der Waals surface area contributed by atoms with Crippen LogP contribution in [-0.2, 0) is 32.5 Å². The van der Waals surface area contributed by atoms with Crippen molar-refractivity contribution in [3.05, 3.63) is 148 Å². The van der Waals surface area contributed by atoms with Gasteiger partial charge < -0.3 is 9.80 Å². The van der Waals surface area contributed by atoms with E-state index in [9.17, 15) is 0 Å². The fourth-order valence-corrected chi connectivity index (χ4v) is 12.6. The minimum absolute atomic E-state index is 0.0187. The SMILES string of the molecule is [2H]C([2H])([2H])c1cc2c3c(c1)N(c1ccc(C(C)(C)C)cc1-c1ccccc1)c1cc(C(C)(C)C)ccc1B3c1cc3c(cc1N2c1ccc2c(c1)C(C)(C)CC2(C)C)C(C)(C)CC3(C)C. The minimum Gasteiger partial charge on any atom is -0.311 e. The van der Waals surface area contributed by atoms with Gasteiger partial charge in [0, 0.05) is 38.1 Å². The Morgan fingerprint density at radius 2 is 1.03 bits per heavy atom. The molecule has 62 heavy (non-hydrogen) atoms. The summed E-state index contributed by atoms with van der Waals surface area (Å²) in [5.41, 5.74) is 20.3. The first-order valence-electron chi connectivity index (χ1n) is 24.6. The third-order valence-electron chi connectivity index (χ3n) is 15.2. The highest BCUT2D eigenvalue weighted by molar-refractivity contribution is 7.00. The summed E-state index contributed by atoms with van der Waals surface area (Å²) in [6, 6.07) is 41.0. The standard InChI is InChI=1S/C59H67BN2/c1-36-27-51-53-52(28-36)62(48-26-22-38(54(2,3)4)29-41(48)37-19-17-16-18-20-37)49-30-39(55(5,6)7)21-25-46(49)60(53)47-32-44-45(59(14,15)35-58(44,12)13)33-50(47)61(51)40-23-24-42-43(31-40)57(10,11)34-56(42,8)9/h16-33H,34-35H2,1-15H3/i1D3. The first-order chi connectivity index (χ1) is 30.1. The molecule has 6 aromatic rings. The van der Waals surface area contributed by atoms with Gasteiger partial charge in [-0.3, -0.25) is 0 Å². The first kappa shape index (κ1) is 37.5. The summed E-state index contributed by atoms with van der Waals surface area (Å²) in [6.07, 6.45) is 2.12. The molecular weight excluding hydrogens is 747 g/mol. The molecule has 0 fully saturated rings. The number of hydrogen-bond acceptors (Lipinski definition) is 2. The second-order valence-corrected chi connectivity index (χ2v) is 24.0. The van der Waals surface area contributed by atoms with E-state index in [1.54, 1.807) is 0 Å². The number of rotatable bonds is 3. The van der Waals surface area contributed by atoms with Crippen LogP contribution >= 0.6 is 0 Å². The van der Waals surface area contributed by atoms with E-state index in [2.05, 4.69) is 204 Å². The van der Waals surface area contributed by atoms with Crippen molar-refractivity contribution in [1.82, 2.24) is 0 Å². The van der Waals surface area contributed by atoms with E-state index in [0.717, 1.165) is 63.6 Å². The maximum absolute atomic E-state index is 9.14.